The van der Waals surface area contributed by atoms with Crippen molar-refractivity contribution in [2.45, 2.75) is 56.8 Å². The molecule has 3 aliphatic rings. The summed E-state index contributed by atoms with van der Waals surface area (Å²) in [5, 5.41) is 11.3. The number of non-ortho nitro benzene ring substituents is 1. The summed E-state index contributed by atoms with van der Waals surface area (Å²) in [4.78, 5) is 45.9. The van der Waals surface area contributed by atoms with Crippen molar-refractivity contribution in [2.75, 3.05) is 26.2 Å². The lowest BCUT2D eigenvalue weighted by molar-refractivity contribution is -0.384. The molecule has 1 amide bonds. The molecule has 2 heterocycles. The number of nitro groups is 1. The fourth-order valence-electron chi connectivity index (χ4n) is 7.75. The minimum Gasteiger partial charge on any atom is -0.316 e. The van der Waals surface area contributed by atoms with Gasteiger partial charge in [0.05, 0.1) is 22.2 Å². The number of nitro benzene ring substituents is 1. The number of benzene rings is 3. The predicted molar refractivity (Wildman–Crippen MR) is 175 cm³/mol. The second kappa shape index (κ2) is 13.3. The highest BCUT2D eigenvalue weighted by molar-refractivity contribution is 6.09. The zero-order valence-corrected chi connectivity index (χ0v) is 25.8. The lowest BCUT2D eigenvalue weighted by Crippen LogP contribution is -2.44. The van der Waals surface area contributed by atoms with Gasteiger partial charge in [-0.3, -0.25) is 24.7 Å². The molecule has 0 radical (unpaired) electrons. The number of fused-ring (bicyclic) bond motifs is 1. The third-order valence-electron chi connectivity index (χ3n) is 10.0. The molecule has 8 heteroatoms. The SMILES string of the molecule is CC1=C(N(C=O)CCCN2CCC(c3ccccc3)(c3ccccc3)CC2)C(c2ccc([N+](=O)[O-])cc2)C2C(=O)CCCC2=N1. The van der Waals surface area contributed by atoms with Crippen LogP contribution in [0.1, 0.15) is 68.1 Å². The quantitative estimate of drug-likeness (QED) is 0.146. The Hall–Kier alpha value is -4.43. The molecule has 6 rings (SSSR count). The molecular weight excluding hydrogens is 564 g/mol. The van der Waals surface area contributed by atoms with E-state index in [-0.39, 0.29) is 16.9 Å². The summed E-state index contributed by atoms with van der Waals surface area (Å²) < 4.78 is 0. The van der Waals surface area contributed by atoms with E-state index < -0.39 is 16.8 Å². The molecule has 2 fully saturated rings. The van der Waals surface area contributed by atoms with Crippen LogP contribution in [0, 0.1) is 16.0 Å². The number of carbonyl (C=O) groups is 2. The number of likely N-dealkylation sites (tertiary alicyclic amines) is 1. The van der Waals surface area contributed by atoms with Gasteiger partial charge in [-0.2, -0.15) is 0 Å². The van der Waals surface area contributed by atoms with E-state index in [1.807, 2.05) is 6.92 Å². The molecule has 3 aromatic carbocycles. The van der Waals surface area contributed by atoms with Gasteiger partial charge in [0.15, 0.2) is 0 Å². The number of Topliss-reactive ketones (excluding diaryl/α,β-unsaturated/α-hetero) is 1. The van der Waals surface area contributed by atoms with Crippen LogP contribution in [0.3, 0.4) is 0 Å². The van der Waals surface area contributed by atoms with Crippen LogP contribution in [0.5, 0.6) is 0 Å². The van der Waals surface area contributed by atoms with Crippen LogP contribution < -0.4 is 0 Å². The van der Waals surface area contributed by atoms with Gasteiger partial charge in [-0.1, -0.05) is 72.8 Å². The molecule has 0 N–H and O–H groups in total. The minimum atomic E-state index is -0.451. The summed E-state index contributed by atoms with van der Waals surface area (Å²) in [5.41, 5.74) is 5.82. The van der Waals surface area contributed by atoms with Gasteiger partial charge in [0, 0.05) is 42.1 Å². The number of aliphatic imine (C=N–C) groups is 1. The second-order valence-electron chi connectivity index (χ2n) is 12.5. The Morgan fingerprint density at radius 3 is 2.13 bits per heavy atom. The van der Waals surface area contributed by atoms with Crippen molar-refractivity contribution >= 4 is 23.6 Å². The van der Waals surface area contributed by atoms with E-state index in [0.29, 0.717) is 13.0 Å². The lowest BCUT2D eigenvalue weighted by atomic mass is 9.68. The summed E-state index contributed by atoms with van der Waals surface area (Å²) in [6, 6.07) is 28.0. The van der Waals surface area contributed by atoms with E-state index in [1.165, 1.54) is 23.3 Å². The van der Waals surface area contributed by atoms with Crippen LogP contribution in [-0.2, 0) is 15.0 Å². The molecule has 0 bridgehead atoms. The van der Waals surface area contributed by atoms with Crippen LogP contribution in [0.15, 0.2) is 101 Å². The molecule has 1 saturated carbocycles. The topological polar surface area (TPSA) is 96.1 Å². The normalized spacial score (nSPS) is 21.5. The van der Waals surface area contributed by atoms with Gasteiger partial charge in [-0.25, -0.2) is 0 Å². The van der Waals surface area contributed by atoms with Crippen molar-refractivity contribution in [3.05, 3.63) is 123 Å². The van der Waals surface area contributed by atoms with Crippen LogP contribution in [0.4, 0.5) is 5.69 Å². The first kappa shape index (κ1) is 30.6. The van der Waals surface area contributed by atoms with Gasteiger partial charge in [0.25, 0.3) is 5.69 Å². The summed E-state index contributed by atoms with van der Waals surface area (Å²) in [7, 11) is 0. The van der Waals surface area contributed by atoms with E-state index in [0.717, 1.165) is 80.8 Å². The summed E-state index contributed by atoms with van der Waals surface area (Å²) >= 11 is 0. The van der Waals surface area contributed by atoms with Crippen molar-refractivity contribution < 1.29 is 14.5 Å². The average Bonchev–Trinajstić information content (AvgIpc) is 3.08. The number of ketones is 1. The Bertz CT molecular complexity index is 1550. The minimum absolute atomic E-state index is 0.00186. The summed E-state index contributed by atoms with van der Waals surface area (Å²) in [6.45, 7) is 5.19. The fourth-order valence-corrected chi connectivity index (χ4v) is 7.75. The lowest BCUT2D eigenvalue weighted by Gasteiger charge is -2.43. The number of allylic oxidation sites excluding steroid dienone is 2. The highest BCUT2D eigenvalue weighted by atomic mass is 16.6. The fraction of sp³-hybridized carbons (Fsp3) is 0.378. The molecule has 2 aliphatic heterocycles. The second-order valence-corrected chi connectivity index (χ2v) is 12.5. The van der Waals surface area contributed by atoms with Crippen molar-refractivity contribution in [1.29, 1.82) is 0 Å². The first-order chi connectivity index (χ1) is 21.9. The summed E-state index contributed by atoms with van der Waals surface area (Å²) in [6.07, 6.45) is 5.67. The number of rotatable bonds is 10. The molecule has 2 unspecified atom stereocenters. The van der Waals surface area contributed by atoms with Gasteiger partial charge in [-0.15, -0.1) is 0 Å². The molecule has 0 aromatic heterocycles. The molecule has 1 saturated heterocycles. The van der Waals surface area contributed by atoms with Crippen LogP contribution in [0.25, 0.3) is 0 Å². The predicted octanol–water partition coefficient (Wildman–Crippen LogP) is 6.66. The number of amides is 1. The molecular formula is C37H40N4O4. The van der Waals surface area contributed by atoms with Crippen molar-refractivity contribution in [2.24, 2.45) is 10.9 Å². The van der Waals surface area contributed by atoms with E-state index in [9.17, 15) is 19.7 Å². The maximum atomic E-state index is 13.3. The molecule has 2 atom stereocenters. The number of nitrogens with zero attached hydrogens (tertiary/aromatic N) is 4. The maximum absolute atomic E-state index is 13.3. The van der Waals surface area contributed by atoms with E-state index in [4.69, 9.17) is 4.99 Å². The Labute approximate surface area is 264 Å². The Balaban J connectivity index is 1.18. The molecule has 1 aliphatic carbocycles. The molecule has 232 valence electrons. The third-order valence-corrected chi connectivity index (χ3v) is 10.0. The monoisotopic (exact) mass is 604 g/mol. The highest BCUT2D eigenvalue weighted by Gasteiger charge is 2.43. The van der Waals surface area contributed by atoms with Gasteiger partial charge >= 0.3 is 0 Å². The summed E-state index contributed by atoms with van der Waals surface area (Å²) in [5.74, 6) is -0.732. The van der Waals surface area contributed by atoms with Crippen LogP contribution in [-0.4, -0.2) is 58.8 Å². The van der Waals surface area contributed by atoms with Crippen LogP contribution >= 0.6 is 0 Å². The smallest absolute Gasteiger partial charge is 0.269 e. The van der Waals surface area contributed by atoms with Crippen LogP contribution in [0.2, 0.25) is 0 Å². The largest absolute Gasteiger partial charge is 0.316 e. The molecule has 8 nitrogen and oxygen atoms in total. The molecule has 3 aromatic rings. The van der Waals surface area contributed by atoms with Gasteiger partial charge in [0.2, 0.25) is 6.41 Å². The zero-order chi connectivity index (χ0) is 31.4. The van der Waals surface area contributed by atoms with Crippen molar-refractivity contribution in [1.82, 2.24) is 9.80 Å². The third kappa shape index (κ3) is 6.12. The number of piperidine rings is 1. The first-order valence-corrected chi connectivity index (χ1v) is 16.0. The van der Waals surface area contributed by atoms with E-state index >= 15 is 0 Å². The van der Waals surface area contributed by atoms with E-state index in [1.54, 1.807) is 17.0 Å². The number of carbonyl (C=O) groups excluding carboxylic acids is 2. The van der Waals surface area contributed by atoms with E-state index in [2.05, 4.69) is 65.6 Å². The maximum Gasteiger partial charge on any atom is 0.269 e. The highest BCUT2D eigenvalue weighted by Crippen LogP contribution is 2.44. The van der Waals surface area contributed by atoms with Gasteiger partial charge in [-0.05, 0) is 75.4 Å². The molecule has 0 spiro atoms. The Morgan fingerprint density at radius 1 is 0.933 bits per heavy atom. The van der Waals surface area contributed by atoms with Gasteiger partial charge < -0.3 is 9.80 Å². The standard InChI is InChI=1S/C37H40N4O4/c1-27-36(34(28-16-18-31(19-17-28)41(44)45)35-32(38-27)14-8-15-33(35)43)40(26-42)23-9-22-39-24-20-37(21-25-39,29-10-4-2-5-11-29)30-12-6-3-7-13-30/h2-7,10-13,16-19,26,34-35H,8-9,14-15,20-25H2,1H3. The number of hydrogen-bond donors (Lipinski definition) is 0. The first-order valence-electron chi connectivity index (χ1n) is 16.0. The molecule has 45 heavy (non-hydrogen) atoms. The average molecular weight is 605 g/mol. The Kier molecular flexibility index (Phi) is 9.03. The Morgan fingerprint density at radius 2 is 1.56 bits per heavy atom. The van der Waals surface area contributed by atoms with Crippen molar-refractivity contribution in [3.8, 4) is 0 Å². The number of hydrogen-bond acceptors (Lipinski definition) is 6. The zero-order valence-electron chi connectivity index (χ0n) is 25.8. The van der Waals surface area contributed by atoms with Gasteiger partial charge in [0.1, 0.15) is 5.78 Å². The van der Waals surface area contributed by atoms with Crippen molar-refractivity contribution in [3.63, 3.8) is 0 Å².